The number of aromatic nitrogens is 2. The summed E-state index contributed by atoms with van der Waals surface area (Å²) in [7, 11) is 1.82. The molecule has 2 fully saturated rings. The van der Waals surface area contributed by atoms with E-state index in [1.54, 1.807) is 10.9 Å². The number of carbonyl (C=O) groups excluding carboxylic acids is 1. The summed E-state index contributed by atoms with van der Waals surface area (Å²) in [5, 5.41) is 13.2. The zero-order chi connectivity index (χ0) is 15.1. The molecule has 1 aromatic heterocycles. The van der Waals surface area contributed by atoms with Crippen molar-refractivity contribution in [2.24, 2.45) is 13.0 Å². The SMILES string of the molecule is Cc1nn(C)cc1C(=O)N1C2CCC1CC(CC(=O)O)C2. The van der Waals surface area contributed by atoms with Gasteiger partial charge in [-0.15, -0.1) is 0 Å². The lowest BCUT2D eigenvalue weighted by Crippen LogP contribution is -2.47. The maximum Gasteiger partial charge on any atom is 0.303 e. The van der Waals surface area contributed by atoms with E-state index in [4.69, 9.17) is 5.11 Å². The average Bonchev–Trinajstić information content (AvgIpc) is 2.85. The summed E-state index contributed by atoms with van der Waals surface area (Å²) in [4.78, 5) is 25.7. The maximum absolute atomic E-state index is 12.8. The van der Waals surface area contributed by atoms with Crippen molar-refractivity contribution < 1.29 is 14.7 Å². The minimum atomic E-state index is -0.734. The highest BCUT2D eigenvalue weighted by molar-refractivity contribution is 5.95. The highest BCUT2D eigenvalue weighted by atomic mass is 16.4. The Kier molecular flexibility index (Phi) is 3.47. The maximum atomic E-state index is 12.8. The molecule has 1 N–H and O–H groups in total. The van der Waals surface area contributed by atoms with E-state index in [1.807, 2.05) is 18.9 Å². The Morgan fingerprint density at radius 3 is 2.43 bits per heavy atom. The Bertz CT molecular complexity index is 567. The summed E-state index contributed by atoms with van der Waals surface area (Å²) in [6, 6.07) is 0.389. The summed E-state index contributed by atoms with van der Waals surface area (Å²) in [6.07, 6.45) is 5.61. The van der Waals surface area contributed by atoms with Gasteiger partial charge in [-0.2, -0.15) is 5.10 Å². The first-order valence-corrected chi connectivity index (χ1v) is 7.50. The van der Waals surface area contributed by atoms with Gasteiger partial charge in [0.1, 0.15) is 0 Å². The first-order valence-electron chi connectivity index (χ1n) is 7.50. The van der Waals surface area contributed by atoms with Gasteiger partial charge in [0.05, 0.1) is 11.3 Å². The van der Waals surface area contributed by atoms with Crippen molar-refractivity contribution in [3.63, 3.8) is 0 Å². The number of hydrogen-bond donors (Lipinski definition) is 1. The minimum absolute atomic E-state index is 0.0573. The van der Waals surface area contributed by atoms with E-state index in [1.165, 1.54) is 0 Å². The van der Waals surface area contributed by atoms with Crippen molar-refractivity contribution in [1.82, 2.24) is 14.7 Å². The second-order valence-electron chi connectivity index (χ2n) is 6.33. The Morgan fingerprint density at radius 1 is 1.33 bits per heavy atom. The van der Waals surface area contributed by atoms with Crippen LogP contribution in [0, 0.1) is 12.8 Å². The third-order valence-corrected chi connectivity index (χ3v) is 4.77. The van der Waals surface area contributed by atoms with Crippen LogP contribution in [0.4, 0.5) is 0 Å². The quantitative estimate of drug-likeness (QED) is 0.917. The molecule has 0 radical (unpaired) electrons. The summed E-state index contributed by atoms with van der Waals surface area (Å²) in [5.74, 6) is -0.469. The number of nitrogens with zero attached hydrogens (tertiary/aromatic N) is 3. The fraction of sp³-hybridized carbons (Fsp3) is 0.667. The van der Waals surface area contributed by atoms with Crippen LogP contribution in [0.15, 0.2) is 6.20 Å². The van der Waals surface area contributed by atoms with Crippen molar-refractivity contribution >= 4 is 11.9 Å². The molecule has 6 nitrogen and oxygen atoms in total. The predicted molar refractivity (Wildman–Crippen MR) is 75.9 cm³/mol. The Labute approximate surface area is 123 Å². The number of carboxylic acid groups (broad SMARTS) is 1. The topological polar surface area (TPSA) is 75.4 Å². The molecule has 1 aromatic rings. The van der Waals surface area contributed by atoms with Gasteiger partial charge in [-0.05, 0) is 38.5 Å². The molecule has 6 heteroatoms. The molecule has 2 aliphatic heterocycles. The lowest BCUT2D eigenvalue weighted by atomic mass is 9.88. The molecule has 0 aromatic carbocycles. The molecule has 21 heavy (non-hydrogen) atoms. The molecule has 0 saturated carbocycles. The summed E-state index contributed by atoms with van der Waals surface area (Å²) in [6.45, 7) is 1.85. The van der Waals surface area contributed by atoms with Gasteiger partial charge < -0.3 is 10.0 Å². The number of piperidine rings is 1. The molecule has 1 amide bonds. The van der Waals surface area contributed by atoms with Crippen molar-refractivity contribution in [3.05, 3.63) is 17.5 Å². The molecule has 3 heterocycles. The fourth-order valence-corrected chi connectivity index (χ4v) is 3.98. The van der Waals surface area contributed by atoms with E-state index in [0.717, 1.165) is 31.4 Å². The fourth-order valence-electron chi connectivity index (χ4n) is 3.98. The predicted octanol–water partition coefficient (Wildman–Crippen LogP) is 1.59. The van der Waals surface area contributed by atoms with Crippen LogP contribution in [-0.2, 0) is 11.8 Å². The van der Waals surface area contributed by atoms with Crippen LogP contribution in [0.1, 0.15) is 48.2 Å². The standard InChI is InChI=1S/C15H21N3O3/c1-9-13(8-17(2)16-9)15(21)18-11-3-4-12(18)6-10(5-11)7-14(19)20/h8,10-12H,3-7H2,1-2H3,(H,19,20). The largest absolute Gasteiger partial charge is 0.481 e. The molecule has 2 atom stereocenters. The summed E-state index contributed by atoms with van der Waals surface area (Å²) < 4.78 is 1.67. The van der Waals surface area contributed by atoms with E-state index in [0.29, 0.717) is 5.56 Å². The van der Waals surface area contributed by atoms with Crippen molar-refractivity contribution in [3.8, 4) is 0 Å². The lowest BCUT2D eigenvalue weighted by Gasteiger charge is -2.38. The second kappa shape index (κ2) is 5.16. The third-order valence-electron chi connectivity index (χ3n) is 4.77. The highest BCUT2D eigenvalue weighted by Gasteiger charge is 2.44. The number of amides is 1. The number of carbonyl (C=O) groups is 2. The van der Waals surface area contributed by atoms with Gasteiger partial charge in [0, 0.05) is 31.7 Å². The van der Waals surface area contributed by atoms with Crippen LogP contribution in [0.2, 0.25) is 0 Å². The molecule has 2 saturated heterocycles. The first-order chi connectivity index (χ1) is 9.95. The zero-order valence-corrected chi connectivity index (χ0v) is 12.5. The highest BCUT2D eigenvalue weighted by Crippen LogP contribution is 2.40. The van der Waals surface area contributed by atoms with Gasteiger partial charge in [0.25, 0.3) is 5.91 Å². The zero-order valence-electron chi connectivity index (χ0n) is 12.5. The molecule has 0 aliphatic carbocycles. The molecule has 2 bridgehead atoms. The first kappa shape index (κ1) is 14.1. The van der Waals surface area contributed by atoms with Crippen LogP contribution in [0.3, 0.4) is 0 Å². The number of aryl methyl sites for hydroxylation is 2. The normalized spacial score (nSPS) is 27.9. The molecule has 3 rings (SSSR count). The number of fused-ring (bicyclic) bond motifs is 2. The van der Waals surface area contributed by atoms with Crippen LogP contribution in [-0.4, -0.2) is 43.7 Å². The van der Waals surface area contributed by atoms with Gasteiger partial charge in [0.15, 0.2) is 0 Å². The molecule has 0 spiro atoms. The molecule has 2 aliphatic rings. The number of carboxylic acids is 1. The van der Waals surface area contributed by atoms with Gasteiger partial charge in [0.2, 0.25) is 0 Å². The Balaban J connectivity index is 1.77. The third kappa shape index (κ3) is 2.54. The Hall–Kier alpha value is -1.85. The lowest BCUT2D eigenvalue weighted by molar-refractivity contribution is -0.138. The summed E-state index contributed by atoms with van der Waals surface area (Å²) >= 11 is 0. The molecule has 2 unspecified atom stereocenters. The van der Waals surface area contributed by atoms with Gasteiger partial charge in [-0.25, -0.2) is 0 Å². The van der Waals surface area contributed by atoms with Crippen molar-refractivity contribution in [2.75, 3.05) is 0 Å². The average molecular weight is 291 g/mol. The number of hydrogen-bond acceptors (Lipinski definition) is 3. The monoisotopic (exact) mass is 291 g/mol. The van der Waals surface area contributed by atoms with Crippen LogP contribution < -0.4 is 0 Å². The van der Waals surface area contributed by atoms with E-state index < -0.39 is 5.97 Å². The summed E-state index contributed by atoms with van der Waals surface area (Å²) in [5.41, 5.74) is 1.43. The van der Waals surface area contributed by atoms with Crippen LogP contribution in [0.5, 0.6) is 0 Å². The van der Waals surface area contributed by atoms with E-state index >= 15 is 0 Å². The van der Waals surface area contributed by atoms with Crippen molar-refractivity contribution in [2.45, 2.75) is 51.1 Å². The minimum Gasteiger partial charge on any atom is -0.481 e. The van der Waals surface area contributed by atoms with E-state index in [2.05, 4.69) is 5.10 Å². The molecular formula is C15H21N3O3. The van der Waals surface area contributed by atoms with Crippen molar-refractivity contribution in [1.29, 1.82) is 0 Å². The van der Waals surface area contributed by atoms with Gasteiger partial charge in [-0.1, -0.05) is 0 Å². The Morgan fingerprint density at radius 2 is 1.95 bits per heavy atom. The molecule has 114 valence electrons. The van der Waals surface area contributed by atoms with Crippen LogP contribution >= 0.6 is 0 Å². The number of aliphatic carboxylic acids is 1. The van der Waals surface area contributed by atoms with E-state index in [9.17, 15) is 9.59 Å². The molecular weight excluding hydrogens is 270 g/mol. The van der Waals surface area contributed by atoms with Gasteiger partial charge in [-0.3, -0.25) is 14.3 Å². The van der Waals surface area contributed by atoms with Crippen LogP contribution in [0.25, 0.3) is 0 Å². The smallest absolute Gasteiger partial charge is 0.303 e. The second-order valence-corrected chi connectivity index (χ2v) is 6.33. The van der Waals surface area contributed by atoms with Gasteiger partial charge >= 0.3 is 5.97 Å². The van der Waals surface area contributed by atoms with E-state index in [-0.39, 0.29) is 30.3 Å². The number of rotatable bonds is 3.